The summed E-state index contributed by atoms with van der Waals surface area (Å²) in [6.45, 7) is 1.83. The number of benzene rings is 2. The third-order valence-electron chi connectivity index (χ3n) is 3.46. The number of amides is 1. The van der Waals surface area contributed by atoms with E-state index in [9.17, 15) is 13.2 Å². The van der Waals surface area contributed by atoms with Gasteiger partial charge in [-0.2, -0.15) is 13.4 Å². The van der Waals surface area contributed by atoms with E-state index in [2.05, 4.69) is 4.99 Å². The van der Waals surface area contributed by atoms with Crippen molar-refractivity contribution in [2.45, 2.75) is 11.8 Å². The van der Waals surface area contributed by atoms with Crippen LogP contribution in [0.3, 0.4) is 0 Å². The minimum Gasteiger partial charge on any atom is -0.378 e. The fourth-order valence-electron chi connectivity index (χ4n) is 2.20. The zero-order valence-electron chi connectivity index (χ0n) is 13.8. The Labute approximate surface area is 170 Å². The SMILES string of the molecule is Cc1ccc(S(=O)(=O)Oc2c(Cl)cc(Cl)cc2C=C2SC(N)=NC2=O)cc1. The van der Waals surface area contributed by atoms with Gasteiger partial charge in [-0.05, 0) is 49.0 Å². The number of halogens is 2. The van der Waals surface area contributed by atoms with E-state index in [1.807, 2.05) is 6.92 Å². The summed E-state index contributed by atoms with van der Waals surface area (Å²) in [5.41, 5.74) is 6.64. The van der Waals surface area contributed by atoms with Gasteiger partial charge in [0.05, 0.1) is 9.93 Å². The molecule has 0 aromatic heterocycles. The number of thioether (sulfide) groups is 1. The minimum absolute atomic E-state index is 0.0191. The summed E-state index contributed by atoms with van der Waals surface area (Å²) < 4.78 is 30.5. The average molecular weight is 443 g/mol. The number of hydrogen-bond donors (Lipinski definition) is 1. The summed E-state index contributed by atoms with van der Waals surface area (Å²) in [4.78, 5) is 15.6. The second-order valence-corrected chi connectivity index (χ2v) is 8.97. The van der Waals surface area contributed by atoms with Crippen molar-refractivity contribution in [3.8, 4) is 5.75 Å². The number of hydrogen-bond acceptors (Lipinski definition) is 6. The molecule has 0 radical (unpaired) electrons. The Morgan fingerprint density at radius 3 is 2.44 bits per heavy atom. The molecule has 27 heavy (non-hydrogen) atoms. The van der Waals surface area contributed by atoms with Crippen LogP contribution in [0, 0.1) is 6.92 Å². The van der Waals surface area contributed by atoms with E-state index in [0.29, 0.717) is 0 Å². The van der Waals surface area contributed by atoms with Crippen LogP contribution in [-0.4, -0.2) is 19.5 Å². The number of rotatable bonds is 4. The number of carbonyl (C=O) groups excluding carboxylic acids is 1. The Morgan fingerprint density at radius 2 is 1.85 bits per heavy atom. The van der Waals surface area contributed by atoms with Crippen LogP contribution >= 0.6 is 35.0 Å². The predicted molar refractivity (Wildman–Crippen MR) is 108 cm³/mol. The summed E-state index contributed by atoms with van der Waals surface area (Å²) in [6, 6.07) is 8.94. The number of aryl methyl sites for hydroxylation is 1. The van der Waals surface area contributed by atoms with Gasteiger partial charge < -0.3 is 9.92 Å². The number of aliphatic imine (C=N–C) groups is 1. The quantitative estimate of drug-likeness (QED) is 0.567. The lowest BCUT2D eigenvalue weighted by Crippen LogP contribution is -2.11. The van der Waals surface area contributed by atoms with Gasteiger partial charge in [0, 0.05) is 10.6 Å². The highest BCUT2D eigenvalue weighted by Crippen LogP contribution is 2.37. The predicted octanol–water partition coefficient (Wildman–Crippen LogP) is 4.00. The number of nitrogens with two attached hydrogens (primary N) is 1. The maximum Gasteiger partial charge on any atom is 0.339 e. The highest BCUT2D eigenvalue weighted by Gasteiger charge is 2.24. The van der Waals surface area contributed by atoms with Crippen LogP contribution in [0.5, 0.6) is 5.75 Å². The zero-order valence-corrected chi connectivity index (χ0v) is 16.9. The molecule has 0 saturated heterocycles. The lowest BCUT2D eigenvalue weighted by Gasteiger charge is -2.12. The summed E-state index contributed by atoms with van der Waals surface area (Å²) in [5.74, 6) is -0.686. The second kappa shape index (κ2) is 7.55. The van der Waals surface area contributed by atoms with Crippen molar-refractivity contribution < 1.29 is 17.4 Å². The highest BCUT2D eigenvalue weighted by molar-refractivity contribution is 8.18. The Morgan fingerprint density at radius 1 is 1.19 bits per heavy atom. The normalized spacial score (nSPS) is 15.9. The van der Waals surface area contributed by atoms with Crippen molar-refractivity contribution in [3.63, 3.8) is 0 Å². The van der Waals surface area contributed by atoms with Gasteiger partial charge in [-0.3, -0.25) is 4.79 Å². The molecule has 0 fully saturated rings. The van der Waals surface area contributed by atoms with E-state index in [-0.39, 0.29) is 36.3 Å². The summed E-state index contributed by atoms with van der Waals surface area (Å²) in [6.07, 6.45) is 1.38. The molecular formula is C17H12Cl2N2O4S2. The molecule has 0 atom stereocenters. The van der Waals surface area contributed by atoms with Crippen LogP contribution < -0.4 is 9.92 Å². The standard InChI is InChI=1S/C17H12Cl2N2O4S2/c1-9-2-4-12(5-3-9)27(23,24)25-15-10(6-11(18)8-13(15)19)7-14-16(22)21-17(20)26-14/h2-8H,1H3,(H2,20,21,22). The van der Waals surface area contributed by atoms with Gasteiger partial charge >= 0.3 is 10.1 Å². The van der Waals surface area contributed by atoms with Gasteiger partial charge in [0.25, 0.3) is 5.91 Å². The molecule has 0 bridgehead atoms. The van der Waals surface area contributed by atoms with E-state index in [1.54, 1.807) is 12.1 Å². The van der Waals surface area contributed by atoms with Crippen LogP contribution in [0.4, 0.5) is 0 Å². The molecule has 1 heterocycles. The zero-order chi connectivity index (χ0) is 19.8. The average Bonchev–Trinajstić information content (AvgIpc) is 2.88. The lowest BCUT2D eigenvalue weighted by atomic mass is 10.2. The Balaban J connectivity index is 2.04. The van der Waals surface area contributed by atoms with Crippen LogP contribution in [0.1, 0.15) is 11.1 Å². The maximum absolute atomic E-state index is 12.6. The summed E-state index contributed by atoms with van der Waals surface area (Å²) in [7, 11) is -4.15. The van der Waals surface area contributed by atoms with Gasteiger partial charge in [-0.1, -0.05) is 40.9 Å². The Kier molecular flexibility index (Phi) is 5.53. The molecule has 6 nitrogen and oxygen atoms in total. The first kappa shape index (κ1) is 19.8. The monoisotopic (exact) mass is 442 g/mol. The Bertz CT molecular complexity index is 1090. The van der Waals surface area contributed by atoms with E-state index >= 15 is 0 Å². The van der Waals surface area contributed by atoms with E-state index < -0.39 is 16.0 Å². The first-order chi connectivity index (χ1) is 12.7. The fraction of sp³-hybridized carbons (Fsp3) is 0.0588. The molecule has 10 heteroatoms. The molecule has 1 aliphatic rings. The molecule has 0 saturated carbocycles. The molecule has 2 N–H and O–H groups in total. The van der Waals surface area contributed by atoms with Crippen molar-refractivity contribution in [1.82, 2.24) is 0 Å². The van der Waals surface area contributed by atoms with E-state index in [0.717, 1.165) is 17.3 Å². The van der Waals surface area contributed by atoms with Gasteiger partial charge in [0.1, 0.15) is 4.90 Å². The molecular weight excluding hydrogens is 431 g/mol. The second-order valence-electron chi connectivity index (χ2n) is 5.52. The summed E-state index contributed by atoms with van der Waals surface area (Å²) in [5, 5.41) is 0.319. The lowest BCUT2D eigenvalue weighted by molar-refractivity contribution is -0.113. The minimum atomic E-state index is -4.15. The van der Waals surface area contributed by atoms with Gasteiger partial charge in [-0.15, -0.1) is 0 Å². The summed E-state index contributed by atoms with van der Waals surface area (Å²) >= 11 is 13.1. The molecule has 3 rings (SSSR count). The molecule has 0 aliphatic carbocycles. The van der Waals surface area contributed by atoms with E-state index in [4.69, 9.17) is 33.1 Å². The first-order valence-corrected chi connectivity index (χ1v) is 10.4. The van der Waals surface area contributed by atoms with Crippen LogP contribution in [0.25, 0.3) is 6.08 Å². The number of carbonyl (C=O) groups is 1. The molecule has 0 spiro atoms. The fourth-order valence-corrected chi connectivity index (χ4v) is 4.44. The smallest absolute Gasteiger partial charge is 0.339 e. The van der Waals surface area contributed by atoms with E-state index in [1.165, 1.54) is 30.3 Å². The van der Waals surface area contributed by atoms with Crippen molar-refractivity contribution >= 4 is 62.2 Å². The molecule has 1 aliphatic heterocycles. The van der Waals surface area contributed by atoms with Crippen LogP contribution in [0.2, 0.25) is 10.0 Å². The third kappa shape index (κ3) is 4.47. The van der Waals surface area contributed by atoms with Crippen molar-refractivity contribution in [3.05, 3.63) is 62.5 Å². The maximum atomic E-state index is 12.6. The topological polar surface area (TPSA) is 98.8 Å². The molecule has 2 aromatic rings. The number of nitrogens with zero attached hydrogens (tertiary/aromatic N) is 1. The van der Waals surface area contributed by atoms with Gasteiger partial charge in [0.15, 0.2) is 10.9 Å². The van der Waals surface area contributed by atoms with Crippen LogP contribution in [0.15, 0.2) is 51.2 Å². The third-order valence-corrected chi connectivity index (χ3v) is 6.01. The highest BCUT2D eigenvalue weighted by atomic mass is 35.5. The molecule has 140 valence electrons. The Hall–Kier alpha value is -2.00. The number of amidine groups is 1. The molecule has 2 aromatic carbocycles. The largest absolute Gasteiger partial charge is 0.378 e. The van der Waals surface area contributed by atoms with Crippen molar-refractivity contribution in [2.24, 2.45) is 10.7 Å². The van der Waals surface area contributed by atoms with Crippen molar-refractivity contribution in [2.75, 3.05) is 0 Å². The van der Waals surface area contributed by atoms with Gasteiger partial charge in [0.2, 0.25) is 0 Å². The van der Waals surface area contributed by atoms with Crippen molar-refractivity contribution in [1.29, 1.82) is 0 Å². The first-order valence-electron chi connectivity index (χ1n) is 7.44. The van der Waals surface area contributed by atoms with Gasteiger partial charge in [-0.25, -0.2) is 0 Å². The molecule has 1 amide bonds. The molecule has 0 unspecified atom stereocenters. The van der Waals surface area contributed by atoms with Crippen LogP contribution in [-0.2, 0) is 14.9 Å².